The van der Waals surface area contributed by atoms with E-state index in [0.29, 0.717) is 11.1 Å². The average Bonchev–Trinajstić information content (AvgIpc) is 3.50. The van der Waals surface area contributed by atoms with Crippen LogP contribution in [0.2, 0.25) is 0 Å². The van der Waals surface area contributed by atoms with E-state index in [0.717, 1.165) is 33.0 Å². The lowest BCUT2D eigenvalue weighted by Crippen LogP contribution is -2.75. The van der Waals surface area contributed by atoms with Crippen molar-refractivity contribution in [1.82, 2.24) is 4.57 Å². The van der Waals surface area contributed by atoms with Gasteiger partial charge in [0, 0.05) is 16.3 Å². The molecule has 0 radical (unpaired) electrons. The van der Waals surface area contributed by atoms with Gasteiger partial charge in [0.25, 0.3) is 0 Å². The molecule has 1 heterocycles. The maximum absolute atomic E-state index is 11.0. The molecule has 4 heteroatoms. The summed E-state index contributed by atoms with van der Waals surface area (Å²) in [6, 6.07) is 66.0. The third-order valence-corrected chi connectivity index (χ3v) is 14.3. The zero-order valence-electron chi connectivity index (χ0n) is 26.1. The molecular formula is C44H29N3Si. The molecule has 0 aliphatic rings. The van der Waals surface area contributed by atoms with Gasteiger partial charge in [0.2, 0.25) is 0 Å². The monoisotopic (exact) mass is 627 g/mol. The maximum Gasteiger partial charge on any atom is 0.181 e. The van der Waals surface area contributed by atoms with E-state index in [-0.39, 0.29) is 0 Å². The van der Waals surface area contributed by atoms with Gasteiger partial charge in [0.1, 0.15) is 0 Å². The number of nitrogens with zero attached hydrogens (tertiary/aromatic N) is 3. The molecule has 0 aliphatic heterocycles. The van der Waals surface area contributed by atoms with Crippen molar-refractivity contribution in [3.05, 3.63) is 187 Å². The smallest absolute Gasteiger partial charge is 0.181 e. The van der Waals surface area contributed by atoms with Crippen LogP contribution in [0, 0.1) is 22.7 Å². The molecule has 8 rings (SSSR count). The molecule has 8 aromatic rings. The van der Waals surface area contributed by atoms with Crippen molar-refractivity contribution in [1.29, 1.82) is 10.5 Å². The Morgan fingerprint density at radius 1 is 0.438 bits per heavy atom. The van der Waals surface area contributed by atoms with Crippen LogP contribution in [0.1, 0.15) is 11.1 Å². The van der Waals surface area contributed by atoms with E-state index < -0.39 is 8.07 Å². The van der Waals surface area contributed by atoms with Crippen LogP contribution < -0.4 is 20.7 Å². The zero-order chi connectivity index (χ0) is 32.5. The van der Waals surface area contributed by atoms with Crippen LogP contribution in [0.4, 0.5) is 0 Å². The second kappa shape index (κ2) is 12.0. The lowest BCUT2D eigenvalue weighted by molar-refractivity contribution is 1.18. The minimum absolute atomic E-state index is 0.458. The van der Waals surface area contributed by atoms with Gasteiger partial charge >= 0.3 is 0 Å². The third kappa shape index (κ3) is 4.48. The first kappa shape index (κ1) is 29.0. The number of hydrogen-bond acceptors (Lipinski definition) is 2. The van der Waals surface area contributed by atoms with E-state index in [1.807, 2.05) is 24.3 Å². The first-order valence-electron chi connectivity index (χ1n) is 16.0. The maximum atomic E-state index is 11.0. The zero-order valence-corrected chi connectivity index (χ0v) is 27.1. The van der Waals surface area contributed by atoms with Gasteiger partial charge in [-0.05, 0) is 56.6 Å². The molecule has 7 aromatic carbocycles. The number of benzene rings is 7. The van der Waals surface area contributed by atoms with Gasteiger partial charge in [0.15, 0.2) is 8.07 Å². The molecule has 0 fully saturated rings. The summed E-state index contributed by atoms with van der Waals surface area (Å²) in [6.07, 6.45) is 0. The summed E-state index contributed by atoms with van der Waals surface area (Å²) in [7, 11) is -3.18. The lowest BCUT2D eigenvalue weighted by Gasteiger charge is -2.37. The van der Waals surface area contributed by atoms with E-state index in [9.17, 15) is 10.5 Å². The molecule has 0 aliphatic carbocycles. The van der Waals surface area contributed by atoms with Gasteiger partial charge in [-0.2, -0.15) is 10.5 Å². The van der Waals surface area contributed by atoms with E-state index in [1.165, 1.54) is 26.3 Å². The van der Waals surface area contributed by atoms with Crippen LogP contribution in [0.25, 0.3) is 38.6 Å². The number of fused-ring (bicyclic) bond motifs is 3. The van der Waals surface area contributed by atoms with Crippen molar-refractivity contribution in [3.63, 3.8) is 0 Å². The van der Waals surface area contributed by atoms with Crippen LogP contribution in [-0.4, -0.2) is 12.6 Å². The van der Waals surface area contributed by atoms with Crippen LogP contribution >= 0.6 is 0 Å². The molecule has 1 aromatic heterocycles. The first-order chi connectivity index (χ1) is 23.8. The molecule has 3 nitrogen and oxygen atoms in total. The summed E-state index contributed by atoms with van der Waals surface area (Å²) in [4.78, 5) is 0. The van der Waals surface area contributed by atoms with Crippen LogP contribution in [0.15, 0.2) is 176 Å². The van der Waals surface area contributed by atoms with Gasteiger partial charge in [-0.3, -0.25) is 0 Å². The van der Waals surface area contributed by atoms with Gasteiger partial charge in [-0.25, -0.2) is 0 Å². The second-order valence-electron chi connectivity index (χ2n) is 11.9. The largest absolute Gasteiger partial charge is 0.309 e. The van der Waals surface area contributed by atoms with E-state index in [4.69, 9.17) is 0 Å². The number of para-hydroxylation sites is 3. The Balaban J connectivity index is 1.58. The Morgan fingerprint density at radius 2 is 0.896 bits per heavy atom. The summed E-state index contributed by atoms with van der Waals surface area (Å²) >= 11 is 0. The standard InChI is InChI=1S/C44H29N3Si/c45-30-32-28-33(31-46)44(48(34-16-4-1-5-17-34,35-18-6-2-7-19-35)36-20-8-3-9-21-36)40(29-32)39-24-12-15-27-43(39)47-41-25-13-10-22-37(41)38-23-11-14-26-42(38)47/h1-29H. The van der Waals surface area contributed by atoms with E-state index in [2.05, 4.69) is 162 Å². The number of hydrogen-bond donors (Lipinski definition) is 0. The minimum Gasteiger partial charge on any atom is -0.309 e. The van der Waals surface area contributed by atoms with Crippen molar-refractivity contribution in [2.24, 2.45) is 0 Å². The van der Waals surface area contributed by atoms with E-state index >= 15 is 0 Å². The molecule has 0 N–H and O–H groups in total. The number of rotatable bonds is 6. The third-order valence-electron chi connectivity index (χ3n) is 9.40. The Kier molecular flexibility index (Phi) is 7.27. The summed E-state index contributed by atoms with van der Waals surface area (Å²) < 4.78 is 2.33. The highest BCUT2D eigenvalue weighted by Gasteiger charge is 2.45. The highest BCUT2D eigenvalue weighted by molar-refractivity contribution is 7.20. The number of aromatic nitrogens is 1. The normalized spacial score (nSPS) is 11.3. The Morgan fingerprint density at radius 3 is 1.40 bits per heavy atom. The second-order valence-corrected chi connectivity index (χ2v) is 15.6. The van der Waals surface area contributed by atoms with E-state index in [1.54, 1.807) is 6.07 Å². The quantitative estimate of drug-likeness (QED) is 0.141. The molecule has 224 valence electrons. The highest BCUT2D eigenvalue weighted by atomic mass is 28.3. The fourth-order valence-corrected chi connectivity index (χ4v) is 12.6. The van der Waals surface area contributed by atoms with Gasteiger partial charge in [0.05, 0.1) is 40.0 Å². The van der Waals surface area contributed by atoms with Crippen LogP contribution in [0.5, 0.6) is 0 Å². The van der Waals surface area contributed by atoms with Crippen LogP contribution in [-0.2, 0) is 0 Å². The first-order valence-corrected chi connectivity index (χ1v) is 18.0. The summed E-state index contributed by atoms with van der Waals surface area (Å²) in [5, 5.41) is 28.2. The van der Waals surface area contributed by atoms with Crippen molar-refractivity contribution in [2.45, 2.75) is 0 Å². The molecule has 0 amide bonds. The van der Waals surface area contributed by atoms with Gasteiger partial charge in [-0.15, -0.1) is 0 Å². The summed E-state index contributed by atoms with van der Waals surface area (Å²) in [5.41, 5.74) is 6.03. The topological polar surface area (TPSA) is 52.5 Å². The molecule has 0 atom stereocenters. The van der Waals surface area contributed by atoms with Crippen molar-refractivity contribution < 1.29 is 0 Å². The molecule has 0 saturated heterocycles. The molecule has 0 bridgehead atoms. The minimum atomic E-state index is -3.18. The Labute approximate surface area is 280 Å². The van der Waals surface area contributed by atoms with Gasteiger partial charge in [-0.1, -0.05) is 146 Å². The fraction of sp³-hybridized carbons (Fsp3) is 0. The van der Waals surface area contributed by atoms with Crippen molar-refractivity contribution in [3.8, 4) is 29.0 Å². The van der Waals surface area contributed by atoms with Crippen LogP contribution in [0.3, 0.4) is 0 Å². The molecule has 48 heavy (non-hydrogen) atoms. The Hall–Kier alpha value is -6.46. The predicted molar refractivity (Wildman–Crippen MR) is 199 cm³/mol. The summed E-state index contributed by atoms with van der Waals surface area (Å²) in [6.45, 7) is 0. The average molecular weight is 628 g/mol. The molecular weight excluding hydrogens is 599 g/mol. The Bertz CT molecular complexity index is 2370. The molecule has 0 saturated carbocycles. The lowest BCUT2D eigenvalue weighted by atomic mass is 9.98. The predicted octanol–water partition coefficient (Wildman–Crippen LogP) is 7.57. The van der Waals surface area contributed by atoms with Crippen molar-refractivity contribution in [2.75, 3.05) is 0 Å². The molecule has 0 spiro atoms. The SMILES string of the molecule is N#Cc1cc(C#N)c([Si](c2ccccc2)(c2ccccc2)c2ccccc2)c(-c2ccccc2-n2c3ccccc3c3ccccc32)c1. The fourth-order valence-electron chi connectivity index (χ4n) is 7.49. The summed E-state index contributed by atoms with van der Waals surface area (Å²) in [5.74, 6) is 0. The van der Waals surface area contributed by atoms with Crippen molar-refractivity contribution >= 4 is 50.6 Å². The molecule has 0 unspecified atom stereocenters. The van der Waals surface area contributed by atoms with Gasteiger partial charge < -0.3 is 4.57 Å². The number of nitriles is 2. The highest BCUT2D eigenvalue weighted by Crippen LogP contribution is 2.36.